The van der Waals surface area contributed by atoms with Crippen molar-refractivity contribution in [3.05, 3.63) is 70.4 Å². The van der Waals surface area contributed by atoms with Crippen molar-refractivity contribution in [2.75, 3.05) is 37.6 Å². The predicted molar refractivity (Wildman–Crippen MR) is 95.0 cm³/mol. The van der Waals surface area contributed by atoms with Crippen molar-refractivity contribution in [2.24, 2.45) is 0 Å². The molecule has 1 aromatic carbocycles. The number of aromatic nitrogens is 1. The molecular formula is C18H20N4O2. The summed E-state index contributed by atoms with van der Waals surface area (Å²) in [6.07, 6.45) is 5.65. The fourth-order valence-corrected chi connectivity index (χ4v) is 2.82. The molecule has 6 nitrogen and oxygen atoms in total. The van der Waals surface area contributed by atoms with E-state index >= 15 is 0 Å². The lowest BCUT2D eigenvalue weighted by Crippen LogP contribution is -2.46. The minimum Gasteiger partial charge on any atom is -0.354 e. The van der Waals surface area contributed by atoms with Crippen LogP contribution in [0.15, 0.2) is 54.7 Å². The topological polar surface area (TPSA) is 62.5 Å². The maximum Gasteiger partial charge on any atom is 0.276 e. The van der Waals surface area contributed by atoms with E-state index in [1.807, 2.05) is 42.6 Å². The highest BCUT2D eigenvalue weighted by molar-refractivity contribution is 5.60. The molecule has 24 heavy (non-hydrogen) atoms. The molecular weight excluding hydrogens is 304 g/mol. The second-order valence-electron chi connectivity index (χ2n) is 5.69. The third kappa shape index (κ3) is 3.97. The van der Waals surface area contributed by atoms with Gasteiger partial charge in [-0.05, 0) is 18.2 Å². The zero-order valence-electron chi connectivity index (χ0n) is 13.4. The normalized spacial score (nSPS) is 15.8. The fraction of sp³-hybridized carbons (Fsp3) is 0.278. The highest BCUT2D eigenvalue weighted by atomic mass is 16.6. The standard InChI is InChI=1S/C18H20N4O2/c23-22(24)17-8-2-1-6-16(17)7-5-11-20-12-14-21(15-13-20)18-9-3-4-10-19-18/h1-10H,11-15H2/b7-5+. The van der Waals surface area contributed by atoms with Crippen molar-refractivity contribution in [3.8, 4) is 0 Å². The molecule has 0 N–H and O–H groups in total. The number of nitro groups is 1. The molecule has 1 fully saturated rings. The molecule has 6 heteroatoms. The summed E-state index contributed by atoms with van der Waals surface area (Å²) >= 11 is 0. The summed E-state index contributed by atoms with van der Waals surface area (Å²) in [6.45, 7) is 4.59. The molecule has 124 valence electrons. The Bertz CT molecular complexity index is 710. The van der Waals surface area contributed by atoms with Crippen molar-refractivity contribution in [3.63, 3.8) is 0 Å². The maximum absolute atomic E-state index is 11.0. The van der Waals surface area contributed by atoms with Crippen molar-refractivity contribution >= 4 is 17.6 Å². The van der Waals surface area contributed by atoms with Gasteiger partial charge in [-0.3, -0.25) is 15.0 Å². The molecule has 1 saturated heterocycles. The Hall–Kier alpha value is -2.73. The lowest BCUT2D eigenvalue weighted by atomic mass is 10.1. The monoisotopic (exact) mass is 324 g/mol. The number of piperazine rings is 1. The van der Waals surface area contributed by atoms with E-state index in [0.29, 0.717) is 5.56 Å². The lowest BCUT2D eigenvalue weighted by Gasteiger charge is -2.34. The van der Waals surface area contributed by atoms with Crippen LogP contribution in [0.5, 0.6) is 0 Å². The Morgan fingerprint density at radius 1 is 1.08 bits per heavy atom. The predicted octanol–water partition coefficient (Wildman–Crippen LogP) is 2.83. The van der Waals surface area contributed by atoms with Crippen molar-refractivity contribution < 1.29 is 4.92 Å². The molecule has 0 spiro atoms. The summed E-state index contributed by atoms with van der Waals surface area (Å²) in [5.74, 6) is 1.02. The van der Waals surface area contributed by atoms with Gasteiger partial charge in [-0.1, -0.05) is 30.4 Å². The summed E-state index contributed by atoms with van der Waals surface area (Å²) in [4.78, 5) is 19.7. The van der Waals surface area contributed by atoms with Crippen LogP contribution in [0.25, 0.3) is 6.08 Å². The number of pyridine rings is 1. The quantitative estimate of drug-likeness (QED) is 0.625. The van der Waals surface area contributed by atoms with E-state index in [1.54, 1.807) is 12.1 Å². The van der Waals surface area contributed by atoms with Crippen molar-refractivity contribution in [1.29, 1.82) is 0 Å². The SMILES string of the molecule is O=[N+]([O-])c1ccccc1/C=C/CN1CCN(c2ccccn2)CC1. The third-order valence-corrected chi connectivity index (χ3v) is 4.14. The summed E-state index contributed by atoms with van der Waals surface area (Å²) < 4.78 is 0. The van der Waals surface area contributed by atoms with Crippen LogP contribution in [0.4, 0.5) is 11.5 Å². The van der Waals surface area contributed by atoms with Gasteiger partial charge in [0.1, 0.15) is 5.82 Å². The van der Waals surface area contributed by atoms with Gasteiger partial charge in [-0.15, -0.1) is 0 Å². The van der Waals surface area contributed by atoms with Crippen LogP contribution < -0.4 is 4.90 Å². The van der Waals surface area contributed by atoms with E-state index in [1.165, 1.54) is 6.07 Å². The number of nitro benzene ring substituents is 1. The molecule has 2 aromatic rings. The van der Waals surface area contributed by atoms with Crippen LogP contribution in [0.1, 0.15) is 5.56 Å². The minimum atomic E-state index is -0.342. The van der Waals surface area contributed by atoms with Gasteiger partial charge in [0.25, 0.3) is 5.69 Å². The second kappa shape index (κ2) is 7.70. The number of benzene rings is 1. The van der Waals surface area contributed by atoms with Crippen molar-refractivity contribution in [1.82, 2.24) is 9.88 Å². The number of rotatable bonds is 5. The van der Waals surface area contributed by atoms with E-state index < -0.39 is 0 Å². The Balaban J connectivity index is 1.53. The molecule has 3 rings (SSSR count). The molecule has 1 aliphatic rings. The highest BCUT2D eigenvalue weighted by Gasteiger charge is 2.16. The van der Waals surface area contributed by atoms with Gasteiger partial charge < -0.3 is 4.90 Å². The fourth-order valence-electron chi connectivity index (χ4n) is 2.82. The number of hydrogen-bond acceptors (Lipinski definition) is 5. The number of nitrogens with zero attached hydrogens (tertiary/aromatic N) is 4. The molecule has 1 aliphatic heterocycles. The largest absolute Gasteiger partial charge is 0.354 e. The second-order valence-corrected chi connectivity index (χ2v) is 5.69. The first kappa shape index (κ1) is 16.1. The van der Waals surface area contributed by atoms with Gasteiger partial charge in [0, 0.05) is 45.0 Å². The first-order valence-corrected chi connectivity index (χ1v) is 8.02. The van der Waals surface area contributed by atoms with Gasteiger partial charge in [-0.25, -0.2) is 4.98 Å². The van der Waals surface area contributed by atoms with Crippen LogP contribution >= 0.6 is 0 Å². The molecule has 0 atom stereocenters. The Morgan fingerprint density at radius 2 is 1.83 bits per heavy atom. The zero-order valence-corrected chi connectivity index (χ0v) is 13.4. The van der Waals surface area contributed by atoms with Crippen molar-refractivity contribution in [2.45, 2.75) is 0 Å². The maximum atomic E-state index is 11.0. The molecule has 0 unspecified atom stereocenters. The Labute approximate surface area is 141 Å². The Morgan fingerprint density at radius 3 is 2.54 bits per heavy atom. The number of hydrogen-bond donors (Lipinski definition) is 0. The van der Waals surface area contributed by atoms with Gasteiger partial charge in [0.2, 0.25) is 0 Å². The highest BCUT2D eigenvalue weighted by Crippen LogP contribution is 2.19. The van der Waals surface area contributed by atoms with E-state index in [-0.39, 0.29) is 10.6 Å². The average molecular weight is 324 g/mol. The van der Waals surface area contributed by atoms with Crippen LogP contribution in [-0.2, 0) is 0 Å². The van der Waals surface area contributed by atoms with E-state index in [9.17, 15) is 10.1 Å². The first-order chi connectivity index (χ1) is 11.7. The van der Waals surface area contributed by atoms with Gasteiger partial charge in [0.15, 0.2) is 0 Å². The van der Waals surface area contributed by atoms with Crippen LogP contribution in [0, 0.1) is 10.1 Å². The summed E-state index contributed by atoms with van der Waals surface area (Å²) in [5.41, 5.74) is 0.795. The molecule has 0 radical (unpaired) electrons. The van der Waals surface area contributed by atoms with Crippen LogP contribution in [0.2, 0.25) is 0 Å². The van der Waals surface area contributed by atoms with Gasteiger partial charge in [0.05, 0.1) is 10.5 Å². The lowest BCUT2D eigenvalue weighted by molar-refractivity contribution is -0.385. The average Bonchev–Trinajstić information content (AvgIpc) is 2.63. The smallest absolute Gasteiger partial charge is 0.276 e. The number of para-hydroxylation sites is 1. The molecule has 0 saturated carbocycles. The zero-order chi connectivity index (χ0) is 16.8. The molecule has 0 bridgehead atoms. The summed E-state index contributed by atoms with van der Waals surface area (Å²) in [6, 6.07) is 12.8. The molecule has 0 amide bonds. The minimum absolute atomic E-state index is 0.147. The van der Waals surface area contributed by atoms with E-state index in [0.717, 1.165) is 38.5 Å². The third-order valence-electron chi connectivity index (χ3n) is 4.14. The molecule has 0 aliphatic carbocycles. The molecule has 1 aromatic heterocycles. The van der Waals surface area contributed by atoms with Crippen LogP contribution in [-0.4, -0.2) is 47.5 Å². The van der Waals surface area contributed by atoms with E-state index in [4.69, 9.17) is 0 Å². The number of anilines is 1. The van der Waals surface area contributed by atoms with E-state index in [2.05, 4.69) is 14.8 Å². The first-order valence-electron chi connectivity index (χ1n) is 8.02. The molecule has 2 heterocycles. The Kier molecular flexibility index (Phi) is 5.18. The summed E-state index contributed by atoms with van der Waals surface area (Å²) in [7, 11) is 0. The van der Waals surface area contributed by atoms with Crippen LogP contribution in [0.3, 0.4) is 0 Å². The van der Waals surface area contributed by atoms with Gasteiger partial charge >= 0.3 is 0 Å². The van der Waals surface area contributed by atoms with Gasteiger partial charge in [-0.2, -0.15) is 0 Å². The summed E-state index contributed by atoms with van der Waals surface area (Å²) in [5, 5.41) is 11.0.